The van der Waals surface area contributed by atoms with E-state index >= 15 is 0 Å². The summed E-state index contributed by atoms with van der Waals surface area (Å²) in [5.41, 5.74) is 9.00. The van der Waals surface area contributed by atoms with Crippen molar-refractivity contribution in [1.29, 1.82) is 0 Å². The highest BCUT2D eigenvalue weighted by molar-refractivity contribution is 5.98. The van der Waals surface area contributed by atoms with Crippen LogP contribution in [0.15, 0.2) is 30.5 Å². The Kier molecular flexibility index (Phi) is 3.28. The Labute approximate surface area is 114 Å². The van der Waals surface area contributed by atoms with Crippen LogP contribution in [0.5, 0.6) is 0 Å². The van der Waals surface area contributed by atoms with E-state index in [4.69, 9.17) is 5.73 Å². The Morgan fingerprint density at radius 1 is 1.21 bits per heavy atom. The lowest BCUT2D eigenvalue weighted by Gasteiger charge is -2.24. The van der Waals surface area contributed by atoms with Crippen molar-refractivity contribution in [3.8, 4) is 0 Å². The van der Waals surface area contributed by atoms with Crippen LogP contribution in [0.4, 0.5) is 11.4 Å². The van der Waals surface area contributed by atoms with Gasteiger partial charge in [-0.15, -0.1) is 0 Å². The standard InChI is InChI=1S/C16H21N3/c1-12-4-3-10-19(11-8-12)15-7-9-18-16-13(15)5-2-6-14(16)17/h2,5-7,9,12H,3-4,8,10-11,17H2,1H3. The Morgan fingerprint density at radius 2 is 2.11 bits per heavy atom. The van der Waals surface area contributed by atoms with Crippen LogP contribution in [0.25, 0.3) is 10.9 Å². The van der Waals surface area contributed by atoms with Crippen LogP contribution in [0.1, 0.15) is 26.2 Å². The van der Waals surface area contributed by atoms with Gasteiger partial charge in [0.15, 0.2) is 0 Å². The second-order valence-electron chi connectivity index (χ2n) is 5.60. The molecule has 1 aromatic heterocycles. The van der Waals surface area contributed by atoms with Gasteiger partial charge in [-0.1, -0.05) is 19.1 Å². The van der Waals surface area contributed by atoms with Crippen molar-refractivity contribution in [2.24, 2.45) is 5.92 Å². The van der Waals surface area contributed by atoms with Gasteiger partial charge < -0.3 is 10.6 Å². The molecule has 0 radical (unpaired) electrons. The normalized spacial score (nSPS) is 20.5. The van der Waals surface area contributed by atoms with Crippen LogP contribution in [-0.4, -0.2) is 18.1 Å². The molecule has 1 aromatic carbocycles. The highest BCUT2D eigenvalue weighted by Gasteiger charge is 2.16. The molecule has 1 atom stereocenters. The highest BCUT2D eigenvalue weighted by Crippen LogP contribution is 2.30. The fourth-order valence-electron chi connectivity index (χ4n) is 2.96. The molecule has 2 N–H and O–H groups in total. The zero-order chi connectivity index (χ0) is 13.2. The third-order valence-corrected chi connectivity index (χ3v) is 4.14. The second kappa shape index (κ2) is 5.08. The van der Waals surface area contributed by atoms with Gasteiger partial charge in [0, 0.05) is 30.4 Å². The molecule has 0 bridgehead atoms. The zero-order valence-corrected chi connectivity index (χ0v) is 11.5. The van der Waals surface area contributed by atoms with Crippen LogP contribution in [0.3, 0.4) is 0 Å². The number of hydrogen-bond donors (Lipinski definition) is 1. The second-order valence-corrected chi connectivity index (χ2v) is 5.60. The Balaban J connectivity index is 2.02. The molecule has 19 heavy (non-hydrogen) atoms. The van der Waals surface area contributed by atoms with E-state index in [1.807, 2.05) is 18.3 Å². The molecule has 3 nitrogen and oxygen atoms in total. The minimum absolute atomic E-state index is 0.766. The Morgan fingerprint density at radius 3 is 3.00 bits per heavy atom. The number of aromatic nitrogens is 1. The van der Waals surface area contributed by atoms with Crippen LogP contribution >= 0.6 is 0 Å². The summed E-state index contributed by atoms with van der Waals surface area (Å²) >= 11 is 0. The lowest BCUT2D eigenvalue weighted by Crippen LogP contribution is -2.24. The summed E-state index contributed by atoms with van der Waals surface area (Å²) in [6.07, 6.45) is 5.75. The summed E-state index contributed by atoms with van der Waals surface area (Å²) < 4.78 is 0. The Hall–Kier alpha value is -1.77. The van der Waals surface area contributed by atoms with Gasteiger partial charge in [-0.3, -0.25) is 4.98 Å². The fraction of sp³-hybridized carbons (Fsp3) is 0.438. The number of fused-ring (bicyclic) bond motifs is 1. The molecule has 1 saturated heterocycles. The SMILES string of the molecule is CC1CCCN(c2ccnc3c(N)cccc23)CC1. The molecule has 0 aliphatic carbocycles. The fourth-order valence-corrected chi connectivity index (χ4v) is 2.96. The molecule has 1 unspecified atom stereocenters. The van der Waals surface area contributed by atoms with Gasteiger partial charge in [-0.05, 0) is 37.3 Å². The molecule has 0 spiro atoms. The lowest BCUT2D eigenvalue weighted by atomic mass is 10.0. The number of pyridine rings is 1. The van der Waals surface area contributed by atoms with Gasteiger partial charge >= 0.3 is 0 Å². The molecule has 1 aliphatic heterocycles. The Bertz CT molecular complexity index is 579. The average molecular weight is 255 g/mol. The first-order valence-corrected chi connectivity index (χ1v) is 7.14. The highest BCUT2D eigenvalue weighted by atomic mass is 15.1. The van der Waals surface area contributed by atoms with Gasteiger partial charge in [-0.2, -0.15) is 0 Å². The van der Waals surface area contributed by atoms with Crippen molar-refractivity contribution in [2.45, 2.75) is 26.2 Å². The van der Waals surface area contributed by atoms with Gasteiger partial charge in [0.1, 0.15) is 0 Å². The average Bonchev–Trinajstić information content (AvgIpc) is 2.64. The molecule has 2 aromatic rings. The third-order valence-electron chi connectivity index (χ3n) is 4.14. The molecule has 0 amide bonds. The van der Waals surface area contributed by atoms with E-state index in [0.29, 0.717) is 0 Å². The molecular weight excluding hydrogens is 234 g/mol. The monoisotopic (exact) mass is 255 g/mol. The summed E-state index contributed by atoms with van der Waals surface area (Å²) in [6, 6.07) is 8.19. The van der Waals surface area contributed by atoms with Crippen molar-refractivity contribution in [1.82, 2.24) is 4.98 Å². The molecule has 3 rings (SSSR count). The van der Waals surface area contributed by atoms with Crippen molar-refractivity contribution < 1.29 is 0 Å². The van der Waals surface area contributed by atoms with E-state index in [1.54, 1.807) is 0 Å². The van der Waals surface area contributed by atoms with Crippen LogP contribution in [0, 0.1) is 5.92 Å². The summed E-state index contributed by atoms with van der Waals surface area (Å²) in [5.74, 6) is 0.836. The quantitative estimate of drug-likeness (QED) is 0.794. The zero-order valence-electron chi connectivity index (χ0n) is 11.5. The minimum Gasteiger partial charge on any atom is -0.397 e. The molecule has 1 fully saturated rings. The van der Waals surface area contributed by atoms with Crippen LogP contribution in [0.2, 0.25) is 0 Å². The summed E-state index contributed by atoms with van der Waals surface area (Å²) in [6.45, 7) is 4.62. The molecular formula is C16H21N3. The molecule has 1 aliphatic rings. The largest absolute Gasteiger partial charge is 0.397 e. The molecule has 3 heteroatoms. The first-order valence-electron chi connectivity index (χ1n) is 7.14. The number of hydrogen-bond acceptors (Lipinski definition) is 3. The molecule has 2 heterocycles. The number of nitrogens with zero attached hydrogens (tertiary/aromatic N) is 2. The predicted octanol–water partition coefficient (Wildman–Crippen LogP) is 3.44. The van der Waals surface area contributed by atoms with Crippen LogP contribution < -0.4 is 10.6 Å². The maximum Gasteiger partial charge on any atom is 0.0951 e. The predicted molar refractivity (Wildman–Crippen MR) is 81.4 cm³/mol. The maximum atomic E-state index is 6.03. The van der Waals surface area contributed by atoms with E-state index in [1.165, 1.54) is 30.3 Å². The number of nitrogen functional groups attached to an aromatic ring is 1. The van der Waals surface area contributed by atoms with Crippen LogP contribution in [-0.2, 0) is 0 Å². The van der Waals surface area contributed by atoms with Crippen molar-refractivity contribution in [3.05, 3.63) is 30.5 Å². The van der Waals surface area contributed by atoms with Gasteiger partial charge in [0.25, 0.3) is 0 Å². The topological polar surface area (TPSA) is 42.2 Å². The number of rotatable bonds is 1. The number of para-hydroxylation sites is 1. The summed E-state index contributed by atoms with van der Waals surface area (Å²) in [4.78, 5) is 6.92. The van der Waals surface area contributed by atoms with Gasteiger partial charge in [-0.25, -0.2) is 0 Å². The van der Waals surface area contributed by atoms with E-state index < -0.39 is 0 Å². The lowest BCUT2D eigenvalue weighted by molar-refractivity contribution is 0.521. The maximum absolute atomic E-state index is 6.03. The van der Waals surface area contributed by atoms with Crippen molar-refractivity contribution in [2.75, 3.05) is 23.7 Å². The number of benzene rings is 1. The first-order chi connectivity index (χ1) is 9.25. The summed E-state index contributed by atoms with van der Waals surface area (Å²) in [7, 11) is 0. The summed E-state index contributed by atoms with van der Waals surface area (Å²) in [5, 5.41) is 1.18. The smallest absolute Gasteiger partial charge is 0.0951 e. The van der Waals surface area contributed by atoms with Crippen molar-refractivity contribution in [3.63, 3.8) is 0 Å². The van der Waals surface area contributed by atoms with Gasteiger partial charge in [0.05, 0.1) is 11.2 Å². The molecule has 100 valence electrons. The number of anilines is 2. The van der Waals surface area contributed by atoms with E-state index in [2.05, 4.69) is 28.9 Å². The van der Waals surface area contributed by atoms with E-state index in [0.717, 1.165) is 30.2 Å². The minimum atomic E-state index is 0.766. The van der Waals surface area contributed by atoms with E-state index in [9.17, 15) is 0 Å². The van der Waals surface area contributed by atoms with E-state index in [-0.39, 0.29) is 0 Å². The van der Waals surface area contributed by atoms with Crippen molar-refractivity contribution >= 4 is 22.3 Å². The third kappa shape index (κ3) is 2.37. The number of nitrogens with two attached hydrogens (primary N) is 1. The molecule has 0 saturated carbocycles. The first kappa shape index (κ1) is 12.3. The van der Waals surface area contributed by atoms with Gasteiger partial charge in [0.2, 0.25) is 0 Å².